The molecule has 30 heavy (non-hydrogen) atoms. The van der Waals surface area contributed by atoms with Crippen LogP contribution < -0.4 is 25.6 Å². The van der Waals surface area contributed by atoms with Crippen molar-refractivity contribution >= 4 is 35.0 Å². The lowest BCUT2D eigenvalue weighted by molar-refractivity contribution is 0.415. The molecule has 2 N–H and O–H groups in total. The summed E-state index contributed by atoms with van der Waals surface area (Å²) >= 11 is 0. The topological polar surface area (TPSA) is 56.8 Å². The van der Waals surface area contributed by atoms with E-state index in [-0.39, 0.29) is 0 Å². The molecule has 1 aliphatic rings. The number of aliphatic imine (C=N–C) groups is 1. The predicted octanol–water partition coefficient (Wildman–Crippen LogP) is 4.22. The van der Waals surface area contributed by atoms with Gasteiger partial charge in [-0.05, 0) is 70.7 Å². The van der Waals surface area contributed by atoms with Crippen molar-refractivity contribution in [1.82, 2.24) is 0 Å². The van der Waals surface area contributed by atoms with Gasteiger partial charge < -0.3 is 15.2 Å². The predicted molar refractivity (Wildman–Crippen MR) is 123 cm³/mol. The molecule has 0 amide bonds. The fraction of sp³-hybridized carbons (Fsp3) is 0.0385. The van der Waals surface area contributed by atoms with Gasteiger partial charge in [-0.1, -0.05) is 24.3 Å². The Labute approximate surface area is 174 Å². The molecule has 0 bridgehead atoms. The summed E-state index contributed by atoms with van der Waals surface area (Å²) in [5, 5.41) is 4.24. The van der Waals surface area contributed by atoms with Crippen molar-refractivity contribution in [1.29, 1.82) is 0 Å². The van der Waals surface area contributed by atoms with Crippen LogP contribution in [0.4, 0.5) is 5.69 Å². The van der Waals surface area contributed by atoms with Crippen LogP contribution in [0.15, 0.2) is 77.8 Å². The van der Waals surface area contributed by atoms with Crippen molar-refractivity contribution in [2.45, 2.75) is 0 Å². The fourth-order valence-corrected chi connectivity index (χ4v) is 3.93. The number of nitrogens with zero attached hydrogens (tertiary/aromatic N) is 1. The first-order chi connectivity index (χ1) is 14.7. The summed E-state index contributed by atoms with van der Waals surface area (Å²) in [6, 6.07) is 24.4. The second-order valence-electron chi connectivity index (χ2n) is 7.23. The number of anilines is 1. The summed E-state index contributed by atoms with van der Waals surface area (Å²) < 4.78 is 11.6. The number of hydrogen-bond acceptors (Lipinski definition) is 4. The first-order valence-electron chi connectivity index (χ1n) is 9.62. The second-order valence-corrected chi connectivity index (χ2v) is 7.23. The number of nitrogen functional groups attached to an aromatic ring is 1. The molecule has 0 fully saturated rings. The van der Waals surface area contributed by atoms with Crippen LogP contribution in [-0.2, 0) is 0 Å². The molecule has 4 aromatic rings. The summed E-state index contributed by atoms with van der Waals surface area (Å²) in [5.41, 5.74) is 9.94. The van der Waals surface area contributed by atoms with E-state index >= 15 is 0 Å². The molecule has 4 aromatic carbocycles. The molecule has 0 aliphatic carbocycles. The van der Waals surface area contributed by atoms with Gasteiger partial charge in [0.15, 0.2) is 0 Å². The number of ether oxygens (including phenoxy) is 2. The Kier molecular flexibility index (Phi) is 4.25. The maximum atomic E-state index is 6.22. The molecular weight excluding hydrogens is 372 g/mol. The molecule has 146 valence electrons. The van der Waals surface area contributed by atoms with E-state index in [1.165, 1.54) is 0 Å². The molecule has 0 saturated heterocycles. The molecule has 0 saturated carbocycles. The minimum absolute atomic E-state index is 0.664. The third-order valence-corrected chi connectivity index (χ3v) is 5.35. The zero-order chi connectivity index (χ0) is 20.7. The van der Waals surface area contributed by atoms with Gasteiger partial charge in [-0.2, -0.15) is 0 Å². The first-order valence-corrected chi connectivity index (χ1v) is 9.62. The van der Waals surface area contributed by atoms with E-state index in [0.29, 0.717) is 5.69 Å². The van der Waals surface area contributed by atoms with Crippen LogP contribution in [0, 0.1) is 0 Å². The maximum Gasteiger partial charge on any atom is 0.137 e. The van der Waals surface area contributed by atoms with Gasteiger partial charge >= 0.3 is 0 Å². The largest absolute Gasteiger partial charge is 0.497 e. The number of hydrogen-bond donors (Lipinski definition) is 1. The van der Waals surface area contributed by atoms with Gasteiger partial charge in [0.25, 0.3) is 0 Å². The number of fused-ring (bicyclic) bond motifs is 3. The quantitative estimate of drug-likeness (QED) is 0.369. The van der Waals surface area contributed by atoms with E-state index in [2.05, 4.69) is 42.0 Å². The van der Waals surface area contributed by atoms with Gasteiger partial charge in [0.2, 0.25) is 0 Å². The minimum Gasteiger partial charge on any atom is -0.497 e. The Morgan fingerprint density at radius 1 is 0.900 bits per heavy atom. The summed E-state index contributed by atoms with van der Waals surface area (Å²) in [6.07, 6.45) is 1.71. The van der Waals surface area contributed by atoms with Crippen LogP contribution in [0.3, 0.4) is 0 Å². The highest BCUT2D eigenvalue weighted by Crippen LogP contribution is 2.37. The van der Waals surface area contributed by atoms with Crippen LogP contribution in [0.5, 0.6) is 17.2 Å². The van der Waals surface area contributed by atoms with E-state index in [4.69, 9.17) is 15.2 Å². The molecule has 0 unspecified atom stereocenters. The molecule has 0 radical (unpaired) electrons. The second kappa shape index (κ2) is 7.08. The van der Waals surface area contributed by atoms with Crippen LogP contribution >= 0.6 is 0 Å². The van der Waals surface area contributed by atoms with Crippen molar-refractivity contribution < 1.29 is 9.47 Å². The van der Waals surface area contributed by atoms with Crippen molar-refractivity contribution in [3.8, 4) is 17.2 Å². The van der Waals surface area contributed by atoms with Gasteiger partial charge in [0, 0.05) is 34.3 Å². The molecule has 0 atom stereocenters. The Bertz CT molecular complexity index is 1440. The molecular formula is C26H20N2O2. The van der Waals surface area contributed by atoms with Gasteiger partial charge in [-0.15, -0.1) is 0 Å². The van der Waals surface area contributed by atoms with Crippen molar-refractivity contribution in [2.24, 2.45) is 4.99 Å². The van der Waals surface area contributed by atoms with E-state index < -0.39 is 0 Å². The third kappa shape index (κ3) is 2.99. The SMILES string of the molecule is C=NC=c1ccc2c(c1)Oc1cc(N)ccc1C=2c1ccc2cc(OC)ccc2c1. The van der Waals surface area contributed by atoms with Gasteiger partial charge in [0.05, 0.1) is 7.11 Å². The van der Waals surface area contributed by atoms with Crippen LogP contribution in [0.25, 0.3) is 22.5 Å². The van der Waals surface area contributed by atoms with Crippen LogP contribution in [0.2, 0.25) is 0 Å². The van der Waals surface area contributed by atoms with E-state index in [1.807, 2.05) is 42.5 Å². The molecule has 5 rings (SSSR count). The van der Waals surface area contributed by atoms with Crippen molar-refractivity contribution in [3.63, 3.8) is 0 Å². The lowest BCUT2D eigenvalue weighted by atomic mass is 9.91. The number of benzene rings is 4. The van der Waals surface area contributed by atoms with E-state index in [0.717, 1.165) is 55.2 Å². The monoisotopic (exact) mass is 392 g/mol. The molecule has 1 heterocycles. The number of methoxy groups -OCH3 is 1. The minimum atomic E-state index is 0.664. The average Bonchev–Trinajstić information content (AvgIpc) is 2.76. The number of rotatable bonds is 3. The smallest absolute Gasteiger partial charge is 0.137 e. The normalized spacial score (nSPS) is 12.8. The van der Waals surface area contributed by atoms with E-state index in [1.54, 1.807) is 13.3 Å². The highest BCUT2D eigenvalue weighted by molar-refractivity contribution is 5.92. The highest BCUT2D eigenvalue weighted by atomic mass is 16.5. The third-order valence-electron chi connectivity index (χ3n) is 5.35. The lowest BCUT2D eigenvalue weighted by Gasteiger charge is -2.21. The Morgan fingerprint density at radius 2 is 1.73 bits per heavy atom. The van der Waals surface area contributed by atoms with Crippen molar-refractivity contribution in [2.75, 3.05) is 12.8 Å². The maximum absolute atomic E-state index is 6.22. The summed E-state index contributed by atoms with van der Waals surface area (Å²) in [7, 11) is 1.68. The standard InChI is InChI=1S/C26H20N2O2/c1-28-15-16-3-9-22-24(11-16)30-25-14-20(27)7-10-23(25)26(22)19-5-4-18-13-21(29-2)8-6-17(18)12-19/h3-15H,1,27H2,2H3. The van der Waals surface area contributed by atoms with Crippen LogP contribution in [-0.4, -0.2) is 13.8 Å². The zero-order valence-corrected chi connectivity index (χ0v) is 16.6. The van der Waals surface area contributed by atoms with Crippen LogP contribution in [0.1, 0.15) is 11.1 Å². The zero-order valence-electron chi connectivity index (χ0n) is 16.6. The van der Waals surface area contributed by atoms with Gasteiger partial charge in [-0.3, -0.25) is 4.99 Å². The summed E-state index contributed by atoms with van der Waals surface area (Å²) in [4.78, 5) is 3.87. The molecule has 4 nitrogen and oxygen atoms in total. The average molecular weight is 392 g/mol. The molecule has 0 spiro atoms. The molecule has 4 heteroatoms. The van der Waals surface area contributed by atoms with Crippen molar-refractivity contribution in [3.05, 3.63) is 94.4 Å². The fourth-order valence-electron chi connectivity index (χ4n) is 3.93. The van der Waals surface area contributed by atoms with E-state index in [9.17, 15) is 0 Å². The summed E-state index contributed by atoms with van der Waals surface area (Å²) in [5.74, 6) is 2.37. The lowest BCUT2D eigenvalue weighted by Crippen LogP contribution is -2.19. The van der Waals surface area contributed by atoms with Gasteiger partial charge in [0.1, 0.15) is 17.2 Å². The molecule has 1 aliphatic heterocycles. The highest BCUT2D eigenvalue weighted by Gasteiger charge is 2.20. The Hall–Kier alpha value is -4.05. The summed E-state index contributed by atoms with van der Waals surface area (Å²) in [6.45, 7) is 3.54. The molecule has 0 aromatic heterocycles. The van der Waals surface area contributed by atoms with Gasteiger partial charge in [-0.25, -0.2) is 0 Å². The first kappa shape index (κ1) is 18.0. The Morgan fingerprint density at radius 3 is 2.57 bits per heavy atom. The number of nitrogens with two attached hydrogens (primary N) is 1. The Balaban J connectivity index is 1.81.